The number of hydrogen-bond acceptors (Lipinski definition) is 0. The van der Waals surface area contributed by atoms with Gasteiger partial charge in [-0.3, -0.25) is 0 Å². The average molecular weight is 136 g/mol. The SMILES string of the molecule is C=C1C[C@H]2CC[C@@H]1C2(C)C. The summed E-state index contributed by atoms with van der Waals surface area (Å²) in [5.74, 6) is 1.82. The summed E-state index contributed by atoms with van der Waals surface area (Å²) in [5.41, 5.74) is 2.12. The van der Waals surface area contributed by atoms with E-state index in [1.807, 2.05) is 0 Å². The largest absolute Gasteiger partial charge is 0.0995 e. The molecule has 0 aromatic carbocycles. The van der Waals surface area contributed by atoms with Crippen molar-refractivity contribution < 1.29 is 0 Å². The minimum atomic E-state index is 0.594. The van der Waals surface area contributed by atoms with Gasteiger partial charge < -0.3 is 0 Å². The highest BCUT2D eigenvalue weighted by Crippen LogP contribution is 2.59. The maximum atomic E-state index is 4.13. The monoisotopic (exact) mass is 136 g/mol. The van der Waals surface area contributed by atoms with Gasteiger partial charge in [0.2, 0.25) is 0 Å². The Bertz CT molecular complexity index is 176. The van der Waals surface area contributed by atoms with Crippen LogP contribution in [0.1, 0.15) is 33.1 Å². The van der Waals surface area contributed by atoms with E-state index in [9.17, 15) is 0 Å². The summed E-state index contributed by atoms with van der Waals surface area (Å²) >= 11 is 0. The molecule has 0 saturated heterocycles. The van der Waals surface area contributed by atoms with Gasteiger partial charge in [-0.25, -0.2) is 0 Å². The Kier molecular flexibility index (Phi) is 1.07. The van der Waals surface area contributed by atoms with E-state index in [0.717, 1.165) is 11.8 Å². The molecule has 0 radical (unpaired) electrons. The van der Waals surface area contributed by atoms with Crippen LogP contribution in [0, 0.1) is 17.3 Å². The van der Waals surface area contributed by atoms with Crippen molar-refractivity contribution in [3.05, 3.63) is 12.2 Å². The van der Waals surface area contributed by atoms with Crippen LogP contribution in [-0.2, 0) is 0 Å². The van der Waals surface area contributed by atoms with Crippen molar-refractivity contribution in [3.63, 3.8) is 0 Å². The van der Waals surface area contributed by atoms with E-state index >= 15 is 0 Å². The molecule has 2 bridgehead atoms. The van der Waals surface area contributed by atoms with Gasteiger partial charge in [0, 0.05) is 0 Å². The summed E-state index contributed by atoms with van der Waals surface area (Å²) in [6.07, 6.45) is 4.19. The smallest absolute Gasteiger partial charge is 0.0152 e. The van der Waals surface area contributed by atoms with Gasteiger partial charge in [-0.15, -0.1) is 0 Å². The highest BCUT2D eigenvalue weighted by atomic mass is 14.5. The molecule has 0 aromatic heterocycles. The molecule has 56 valence electrons. The van der Waals surface area contributed by atoms with E-state index < -0.39 is 0 Å². The lowest BCUT2D eigenvalue weighted by Gasteiger charge is -2.23. The topological polar surface area (TPSA) is 0 Å². The van der Waals surface area contributed by atoms with Crippen molar-refractivity contribution >= 4 is 0 Å². The Morgan fingerprint density at radius 2 is 2.10 bits per heavy atom. The minimum Gasteiger partial charge on any atom is -0.0995 e. The van der Waals surface area contributed by atoms with Crippen LogP contribution < -0.4 is 0 Å². The maximum Gasteiger partial charge on any atom is -0.0152 e. The van der Waals surface area contributed by atoms with Crippen LogP contribution in [0.5, 0.6) is 0 Å². The molecular weight excluding hydrogens is 120 g/mol. The van der Waals surface area contributed by atoms with E-state index in [4.69, 9.17) is 0 Å². The van der Waals surface area contributed by atoms with Gasteiger partial charge in [-0.1, -0.05) is 26.0 Å². The van der Waals surface area contributed by atoms with Gasteiger partial charge in [0.25, 0.3) is 0 Å². The van der Waals surface area contributed by atoms with E-state index in [1.54, 1.807) is 0 Å². The normalized spacial score (nSPS) is 42.8. The zero-order valence-electron chi connectivity index (χ0n) is 6.98. The van der Waals surface area contributed by atoms with Gasteiger partial charge in [-0.2, -0.15) is 0 Å². The summed E-state index contributed by atoms with van der Waals surface area (Å²) in [6, 6.07) is 0. The molecule has 0 spiro atoms. The summed E-state index contributed by atoms with van der Waals surface area (Å²) < 4.78 is 0. The number of hydrogen-bond donors (Lipinski definition) is 0. The summed E-state index contributed by atoms with van der Waals surface area (Å²) in [5, 5.41) is 0. The van der Waals surface area contributed by atoms with Gasteiger partial charge in [0.05, 0.1) is 0 Å². The predicted molar refractivity (Wildman–Crippen MR) is 43.8 cm³/mol. The van der Waals surface area contributed by atoms with Crippen LogP contribution in [0.25, 0.3) is 0 Å². The van der Waals surface area contributed by atoms with E-state index in [2.05, 4.69) is 20.4 Å². The Morgan fingerprint density at radius 1 is 1.40 bits per heavy atom. The second-order valence-corrected chi connectivity index (χ2v) is 4.51. The molecule has 0 heteroatoms. The van der Waals surface area contributed by atoms with Crippen LogP contribution in [0.4, 0.5) is 0 Å². The fraction of sp³-hybridized carbons (Fsp3) is 0.800. The molecule has 10 heavy (non-hydrogen) atoms. The fourth-order valence-corrected chi connectivity index (χ4v) is 2.95. The van der Waals surface area contributed by atoms with E-state index in [-0.39, 0.29) is 0 Å². The molecule has 2 rings (SSSR count). The zero-order valence-corrected chi connectivity index (χ0v) is 6.98. The third-order valence-electron chi connectivity index (χ3n) is 3.76. The van der Waals surface area contributed by atoms with Crippen LogP contribution in [-0.4, -0.2) is 0 Å². The Balaban J connectivity index is 2.35. The molecular formula is C10H16. The molecule has 0 aromatic rings. The molecule has 2 fully saturated rings. The molecule has 2 aliphatic carbocycles. The van der Waals surface area contributed by atoms with Crippen molar-refractivity contribution in [2.75, 3.05) is 0 Å². The average Bonchev–Trinajstić information content (AvgIpc) is 2.20. The maximum absolute atomic E-state index is 4.13. The summed E-state index contributed by atoms with van der Waals surface area (Å²) in [7, 11) is 0. The van der Waals surface area contributed by atoms with Gasteiger partial charge in [-0.05, 0) is 36.5 Å². The van der Waals surface area contributed by atoms with Crippen LogP contribution in [0.2, 0.25) is 0 Å². The van der Waals surface area contributed by atoms with E-state index in [1.165, 1.54) is 24.8 Å². The molecule has 0 aliphatic heterocycles. The highest BCUT2D eigenvalue weighted by Gasteiger charge is 2.49. The highest BCUT2D eigenvalue weighted by molar-refractivity contribution is 5.19. The van der Waals surface area contributed by atoms with Crippen LogP contribution in [0.3, 0.4) is 0 Å². The van der Waals surface area contributed by atoms with Crippen molar-refractivity contribution in [1.82, 2.24) is 0 Å². The van der Waals surface area contributed by atoms with Crippen LogP contribution >= 0.6 is 0 Å². The predicted octanol–water partition coefficient (Wildman–Crippen LogP) is 3.00. The van der Waals surface area contributed by atoms with Gasteiger partial charge >= 0.3 is 0 Å². The lowest BCUT2D eigenvalue weighted by molar-refractivity contribution is 0.267. The molecule has 2 atom stereocenters. The lowest BCUT2D eigenvalue weighted by atomic mass is 9.82. The van der Waals surface area contributed by atoms with Crippen molar-refractivity contribution in [2.24, 2.45) is 17.3 Å². The number of fused-ring (bicyclic) bond motifs is 2. The Labute approximate surface area is 63.3 Å². The molecule has 2 aliphatic rings. The molecule has 0 nitrogen and oxygen atoms in total. The number of rotatable bonds is 0. The summed E-state index contributed by atoms with van der Waals surface area (Å²) in [4.78, 5) is 0. The quantitative estimate of drug-likeness (QED) is 0.449. The van der Waals surface area contributed by atoms with Crippen molar-refractivity contribution in [1.29, 1.82) is 0 Å². The Morgan fingerprint density at radius 3 is 2.30 bits per heavy atom. The van der Waals surface area contributed by atoms with Crippen molar-refractivity contribution in [3.8, 4) is 0 Å². The molecule has 0 amide bonds. The first kappa shape index (κ1) is 6.45. The van der Waals surface area contributed by atoms with Crippen molar-refractivity contribution in [2.45, 2.75) is 33.1 Å². The first-order chi connectivity index (χ1) is 4.62. The van der Waals surface area contributed by atoms with E-state index in [0.29, 0.717) is 5.41 Å². The first-order valence-electron chi connectivity index (χ1n) is 4.30. The summed E-state index contributed by atoms with van der Waals surface area (Å²) in [6.45, 7) is 8.95. The number of allylic oxidation sites excluding steroid dienone is 1. The van der Waals surface area contributed by atoms with Gasteiger partial charge in [0.15, 0.2) is 0 Å². The third kappa shape index (κ3) is 0.574. The second-order valence-electron chi connectivity index (χ2n) is 4.51. The first-order valence-corrected chi connectivity index (χ1v) is 4.30. The minimum absolute atomic E-state index is 0.594. The van der Waals surface area contributed by atoms with Gasteiger partial charge in [0.1, 0.15) is 0 Å². The molecule has 0 N–H and O–H groups in total. The Hall–Kier alpha value is -0.260. The second kappa shape index (κ2) is 1.66. The molecule has 0 unspecified atom stereocenters. The van der Waals surface area contributed by atoms with Crippen LogP contribution in [0.15, 0.2) is 12.2 Å². The molecule has 2 saturated carbocycles. The standard InChI is InChI=1S/C10H16/c1-7-6-8-4-5-9(7)10(8,2)3/h8-9H,1,4-6H2,2-3H3/t8-,9+/m1/s1. The lowest BCUT2D eigenvalue weighted by Crippen LogP contribution is -2.16. The molecule has 0 heterocycles. The fourth-order valence-electron chi connectivity index (χ4n) is 2.95. The third-order valence-corrected chi connectivity index (χ3v) is 3.76. The zero-order chi connectivity index (χ0) is 7.35.